The molecule has 0 aliphatic heterocycles. The fourth-order valence-electron chi connectivity index (χ4n) is 2.57. The Kier molecular flexibility index (Phi) is 3.16. The predicted molar refractivity (Wildman–Crippen MR) is 93.1 cm³/mol. The van der Waals surface area contributed by atoms with Crippen LogP contribution in [0.2, 0.25) is 0 Å². The third kappa shape index (κ3) is 2.34. The van der Waals surface area contributed by atoms with Crippen LogP contribution in [0.25, 0.3) is 11.1 Å². The molecule has 6 heteroatoms. The lowest BCUT2D eigenvalue weighted by Gasteiger charge is -2.15. The SMILES string of the molecule is Cc1cccc(Nc2c(Nc3ccc4ncoc4c3)c(=O)c2=O)c1. The van der Waals surface area contributed by atoms with E-state index in [1.165, 1.54) is 6.39 Å². The normalized spacial score (nSPS) is 11.0. The first kappa shape index (κ1) is 14.2. The molecule has 0 saturated carbocycles. The molecule has 0 fully saturated rings. The second-order valence-corrected chi connectivity index (χ2v) is 5.56. The molecule has 0 spiro atoms. The molecule has 1 heterocycles. The summed E-state index contributed by atoms with van der Waals surface area (Å²) in [6, 6.07) is 12.9. The highest BCUT2D eigenvalue weighted by Gasteiger charge is 2.21. The molecule has 118 valence electrons. The summed E-state index contributed by atoms with van der Waals surface area (Å²) in [5.74, 6) is 0. The standard InChI is InChI=1S/C18H13N3O3/c1-10-3-2-4-11(7-10)20-15-16(18(23)17(15)22)21-12-5-6-13-14(8-12)24-9-19-13/h2-9,20-21H,1H3. The maximum atomic E-state index is 11.9. The van der Waals surface area contributed by atoms with Crippen molar-refractivity contribution in [1.29, 1.82) is 0 Å². The van der Waals surface area contributed by atoms with Gasteiger partial charge in [-0.1, -0.05) is 12.1 Å². The molecule has 0 aliphatic rings. The summed E-state index contributed by atoms with van der Waals surface area (Å²) < 4.78 is 5.24. The zero-order valence-electron chi connectivity index (χ0n) is 12.8. The average Bonchev–Trinajstić information content (AvgIpc) is 3.05. The van der Waals surface area contributed by atoms with E-state index in [2.05, 4.69) is 15.6 Å². The molecule has 1 aromatic heterocycles. The topological polar surface area (TPSA) is 84.2 Å². The summed E-state index contributed by atoms with van der Waals surface area (Å²) in [4.78, 5) is 27.8. The number of anilines is 4. The zero-order valence-corrected chi connectivity index (χ0v) is 12.8. The molecule has 2 N–H and O–H groups in total. The number of rotatable bonds is 4. The van der Waals surface area contributed by atoms with E-state index in [9.17, 15) is 9.59 Å². The van der Waals surface area contributed by atoms with Crippen LogP contribution in [0, 0.1) is 6.92 Å². The van der Waals surface area contributed by atoms with Gasteiger partial charge in [-0.15, -0.1) is 0 Å². The fourth-order valence-corrected chi connectivity index (χ4v) is 2.57. The first-order valence-electron chi connectivity index (χ1n) is 7.39. The van der Waals surface area contributed by atoms with Gasteiger partial charge in [0, 0.05) is 17.4 Å². The van der Waals surface area contributed by atoms with Gasteiger partial charge in [-0.2, -0.15) is 0 Å². The fraction of sp³-hybridized carbons (Fsp3) is 0.0556. The Balaban J connectivity index is 1.65. The molecule has 0 bridgehead atoms. The summed E-state index contributed by atoms with van der Waals surface area (Å²) in [5.41, 5.74) is 3.25. The summed E-state index contributed by atoms with van der Waals surface area (Å²) in [7, 11) is 0. The van der Waals surface area contributed by atoms with Gasteiger partial charge in [0.05, 0.1) is 0 Å². The van der Waals surface area contributed by atoms with Crippen LogP contribution in [0.5, 0.6) is 0 Å². The number of nitrogens with zero attached hydrogens (tertiary/aromatic N) is 1. The number of hydrogen-bond donors (Lipinski definition) is 2. The van der Waals surface area contributed by atoms with Crippen molar-refractivity contribution >= 4 is 33.8 Å². The van der Waals surface area contributed by atoms with Crippen LogP contribution in [0.15, 0.2) is 62.9 Å². The van der Waals surface area contributed by atoms with Gasteiger partial charge in [-0.05, 0) is 36.8 Å². The molecule has 4 rings (SSSR count). The Morgan fingerprint density at radius 2 is 1.62 bits per heavy atom. The maximum absolute atomic E-state index is 11.9. The highest BCUT2D eigenvalue weighted by molar-refractivity contribution is 5.85. The Morgan fingerprint density at radius 1 is 0.917 bits per heavy atom. The number of aromatic nitrogens is 1. The van der Waals surface area contributed by atoms with Gasteiger partial charge in [-0.25, -0.2) is 4.98 Å². The maximum Gasteiger partial charge on any atom is 0.253 e. The van der Waals surface area contributed by atoms with Crippen LogP contribution in [0.3, 0.4) is 0 Å². The van der Waals surface area contributed by atoms with Gasteiger partial charge in [0.2, 0.25) is 0 Å². The van der Waals surface area contributed by atoms with Gasteiger partial charge in [-0.3, -0.25) is 9.59 Å². The lowest BCUT2D eigenvalue weighted by Crippen LogP contribution is -2.35. The van der Waals surface area contributed by atoms with E-state index in [-0.39, 0.29) is 11.4 Å². The Bertz CT molecular complexity index is 1120. The Hall–Kier alpha value is -3.41. The van der Waals surface area contributed by atoms with E-state index in [0.717, 1.165) is 16.8 Å². The Morgan fingerprint density at radius 3 is 2.33 bits per heavy atom. The number of benzene rings is 2. The summed E-state index contributed by atoms with van der Waals surface area (Å²) in [5, 5.41) is 6.00. The molecule has 6 nitrogen and oxygen atoms in total. The van der Waals surface area contributed by atoms with Crippen molar-refractivity contribution < 1.29 is 4.42 Å². The molecule has 4 aromatic rings. The average molecular weight is 319 g/mol. The van der Waals surface area contributed by atoms with Crippen molar-refractivity contribution in [3.8, 4) is 0 Å². The minimum atomic E-state index is -0.539. The molecular formula is C18H13N3O3. The van der Waals surface area contributed by atoms with Crippen LogP contribution in [0.4, 0.5) is 22.7 Å². The molecule has 0 atom stereocenters. The zero-order chi connectivity index (χ0) is 16.7. The molecule has 3 aromatic carbocycles. The number of aryl methyl sites for hydroxylation is 1. The second-order valence-electron chi connectivity index (χ2n) is 5.56. The molecule has 0 aliphatic carbocycles. The lowest BCUT2D eigenvalue weighted by molar-refractivity contribution is 0.602. The largest absolute Gasteiger partial charge is 0.443 e. The second kappa shape index (κ2) is 5.34. The molecule has 0 amide bonds. The number of fused-ring (bicyclic) bond motifs is 1. The lowest BCUT2D eigenvalue weighted by atomic mass is 10.1. The van der Waals surface area contributed by atoms with E-state index in [1.807, 2.05) is 31.2 Å². The number of hydrogen-bond acceptors (Lipinski definition) is 6. The quantitative estimate of drug-likeness (QED) is 0.562. The molecule has 24 heavy (non-hydrogen) atoms. The molecule has 0 unspecified atom stereocenters. The summed E-state index contributed by atoms with van der Waals surface area (Å²) >= 11 is 0. The van der Waals surface area contributed by atoms with E-state index >= 15 is 0 Å². The first-order chi connectivity index (χ1) is 11.6. The van der Waals surface area contributed by atoms with Gasteiger partial charge >= 0.3 is 0 Å². The van der Waals surface area contributed by atoms with Gasteiger partial charge in [0.1, 0.15) is 16.9 Å². The van der Waals surface area contributed by atoms with Crippen LogP contribution < -0.4 is 21.5 Å². The van der Waals surface area contributed by atoms with Gasteiger partial charge in [0.25, 0.3) is 10.9 Å². The monoisotopic (exact) mass is 319 g/mol. The van der Waals surface area contributed by atoms with E-state index in [1.54, 1.807) is 18.2 Å². The number of nitrogens with one attached hydrogen (secondary N) is 2. The van der Waals surface area contributed by atoms with Crippen LogP contribution in [-0.2, 0) is 0 Å². The number of oxazole rings is 1. The van der Waals surface area contributed by atoms with Crippen molar-refractivity contribution in [3.05, 3.63) is 74.9 Å². The van der Waals surface area contributed by atoms with Crippen molar-refractivity contribution in [1.82, 2.24) is 4.98 Å². The first-order valence-corrected chi connectivity index (χ1v) is 7.39. The van der Waals surface area contributed by atoms with Gasteiger partial charge < -0.3 is 15.1 Å². The Labute approximate surface area is 136 Å². The van der Waals surface area contributed by atoms with Crippen molar-refractivity contribution in [2.45, 2.75) is 6.92 Å². The highest BCUT2D eigenvalue weighted by Crippen LogP contribution is 2.26. The van der Waals surface area contributed by atoms with Crippen molar-refractivity contribution in [2.75, 3.05) is 10.6 Å². The molecule has 0 saturated heterocycles. The predicted octanol–water partition coefficient (Wildman–Crippen LogP) is 3.22. The van der Waals surface area contributed by atoms with E-state index < -0.39 is 10.9 Å². The minimum Gasteiger partial charge on any atom is -0.443 e. The molecule has 0 radical (unpaired) electrons. The van der Waals surface area contributed by atoms with Crippen molar-refractivity contribution in [2.24, 2.45) is 0 Å². The summed E-state index contributed by atoms with van der Waals surface area (Å²) in [6.07, 6.45) is 1.36. The minimum absolute atomic E-state index is 0.250. The highest BCUT2D eigenvalue weighted by atomic mass is 16.3. The summed E-state index contributed by atoms with van der Waals surface area (Å²) in [6.45, 7) is 1.96. The van der Waals surface area contributed by atoms with E-state index in [4.69, 9.17) is 4.42 Å². The van der Waals surface area contributed by atoms with Crippen LogP contribution in [0.1, 0.15) is 5.56 Å². The van der Waals surface area contributed by atoms with E-state index in [0.29, 0.717) is 11.3 Å². The molecular weight excluding hydrogens is 306 g/mol. The smallest absolute Gasteiger partial charge is 0.253 e. The third-order valence-electron chi connectivity index (χ3n) is 3.80. The third-order valence-corrected chi connectivity index (χ3v) is 3.80. The van der Waals surface area contributed by atoms with Crippen molar-refractivity contribution in [3.63, 3.8) is 0 Å². The van der Waals surface area contributed by atoms with Gasteiger partial charge in [0.15, 0.2) is 12.0 Å². The van der Waals surface area contributed by atoms with Crippen LogP contribution >= 0.6 is 0 Å². The van der Waals surface area contributed by atoms with Crippen LogP contribution in [-0.4, -0.2) is 4.98 Å².